The largest absolute Gasteiger partial charge is 0.391 e. The fourth-order valence-electron chi connectivity index (χ4n) is 2.72. The summed E-state index contributed by atoms with van der Waals surface area (Å²) in [6.07, 6.45) is 6.93. The summed E-state index contributed by atoms with van der Waals surface area (Å²) in [5.74, 6) is 0.814. The Kier molecular flexibility index (Phi) is 4.35. The normalized spacial score (nSPS) is 34.1. The molecule has 2 nitrogen and oxygen atoms in total. The second-order valence-corrected chi connectivity index (χ2v) is 5.22. The number of aliphatic hydroxyl groups is 1. The van der Waals surface area contributed by atoms with Gasteiger partial charge in [-0.05, 0) is 52.1 Å². The third kappa shape index (κ3) is 2.61. The molecule has 0 heterocycles. The Morgan fingerprint density at radius 2 is 2.00 bits per heavy atom. The first-order valence-electron chi connectivity index (χ1n) is 5.99. The van der Waals surface area contributed by atoms with Crippen molar-refractivity contribution in [2.75, 3.05) is 14.1 Å². The Labute approximate surface area is 94.0 Å². The van der Waals surface area contributed by atoms with Crippen molar-refractivity contribution < 1.29 is 5.11 Å². The molecule has 1 fully saturated rings. The quantitative estimate of drug-likeness (QED) is 0.722. The van der Waals surface area contributed by atoms with Crippen molar-refractivity contribution in [2.24, 2.45) is 5.92 Å². The highest BCUT2D eigenvalue weighted by Gasteiger charge is 2.41. The third-order valence-electron chi connectivity index (χ3n) is 4.04. The molecule has 88 valence electrons. The van der Waals surface area contributed by atoms with Crippen molar-refractivity contribution in [3.63, 3.8) is 0 Å². The molecule has 15 heavy (non-hydrogen) atoms. The topological polar surface area (TPSA) is 23.5 Å². The van der Waals surface area contributed by atoms with Crippen molar-refractivity contribution in [2.45, 2.75) is 50.7 Å². The summed E-state index contributed by atoms with van der Waals surface area (Å²) in [5.41, 5.74) is -0.0132. The lowest BCUT2D eigenvalue weighted by molar-refractivity contribution is -0.0369. The highest BCUT2D eigenvalue weighted by atomic mass is 16.3. The maximum atomic E-state index is 10.3. The summed E-state index contributed by atoms with van der Waals surface area (Å²) in [5, 5.41) is 10.3. The maximum Gasteiger partial charge on any atom is 0.0757 e. The van der Waals surface area contributed by atoms with Crippen molar-refractivity contribution in [1.82, 2.24) is 4.90 Å². The minimum Gasteiger partial charge on any atom is -0.391 e. The molecule has 0 spiro atoms. The van der Waals surface area contributed by atoms with Crippen LogP contribution in [0, 0.1) is 5.92 Å². The van der Waals surface area contributed by atoms with Crippen LogP contribution in [0.4, 0.5) is 0 Å². The fraction of sp³-hybridized carbons (Fsp3) is 0.846. The van der Waals surface area contributed by atoms with Crippen LogP contribution in [0.25, 0.3) is 0 Å². The van der Waals surface area contributed by atoms with Gasteiger partial charge in [-0.25, -0.2) is 0 Å². The van der Waals surface area contributed by atoms with Gasteiger partial charge in [0.15, 0.2) is 0 Å². The van der Waals surface area contributed by atoms with Crippen LogP contribution in [0.5, 0.6) is 0 Å². The van der Waals surface area contributed by atoms with Crippen LogP contribution in [-0.4, -0.2) is 35.7 Å². The van der Waals surface area contributed by atoms with E-state index in [4.69, 9.17) is 0 Å². The number of hydrogen-bond acceptors (Lipinski definition) is 2. The Morgan fingerprint density at radius 3 is 2.40 bits per heavy atom. The van der Waals surface area contributed by atoms with Crippen molar-refractivity contribution in [3.05, 3.63) is 12.7 Å². The van der Waals surface area contributed by atoms with Crippen LogP contribution in [0.3, 0.4) is 0 Å². The average molecular weight is 211 g/mol. The molecule has 0 aromatic rings. The highest BCUT2D eigenvalue weighted by molar-refractivity contribution is 4.99. The molecule has 1 aliphatic rings. The average Bonchev–Trinajstić information content (AvgIpc) is 2.19. The summed E-state index contributed by atoms with van der Waals surface area (Å²) < 4.78 is 0. The van der Waals surface area contributed by atoms with Gasteiger partial charge in [-0.15, -0.1) is 6.58 Å². The fourth-order valence-corrected chi connectivity index (χ4v) is 2.72. The number of hydrogen-bond donors (Lipinski definition) is 1. The second-order valence-electron chi connectivity index (χ2n) is 5.22. The van der Waals surface area contributed by atoms with E-state index in [2.05, 4.69) is 32.5 Å². The first-order valence-corrected chi connectivity index (χ1v) is 5.99. The standard InChI is InChI=1S/C13H25NO/c1-5-6-12(15)13(14(3)4)9-7-11(2)8-10-13/h5,11-12,15H,1,6-10H2,2-4H3. The lowest BCUT2D eigenvalue weighted by Gasteiger charge is -2.47. The first-order chi connectivity index (χ1) is 7.03. The van der Waals surface area contributed by atoms with Gasteiger partial charge in [-0.1, -0.05) is 13.0 Å². The van der Waals surface area contributed by atoms with Crippen molar-refractivity contribution in [3.8, 4) is 0 Å². The van der Waals surface area contributed by atoms with Crippen molar-refractivity contribution >= 4 is 0 Å². The number of nitrogens with zero attached hydrogens (tertiary/aromatic N) is 1. The van der Waals surface area contributed by atoms with Gasteiger partial charge in [0.05, 0.1) is 6.10 Å². The molecule has 0 aromatic carbocycles. The molecule has 1 unspecified atom stereocenters. The molecule has 0 saturated heterocycles. The van der Waals surface area contributed by atoms with E-state index in [1.807, 2.05) is 6.08 Å². The van der Waals surface area contributed by atoms with E-state index in [-0.39, 0.29) is 11.6 Å². The zero-order valence-corrected chi connectivity index (χ0v) is 10.4. The van der Waals surface area contributed by atoms with Crippen LogP contribution in [0.1, 0.15) is 39.0 Å². The lowest BCUT2D eigenvalue weighted by atomic mass is 9.72. The molecule has 1 atom stereocenters. The van der Waals surface area contributed by atoms with Crippen LogP contribution >= 0.6 is 0 Å². The summed E-state index contributed by atoms with van der Waals surface area (Å²) in [4.78, 5) is 2.22. The zero-order chi connectivity index (χ0) is 11.5. The zero-order valence-electron chi connectivity index (χ0n) is 10.4. The van der Waals surface area contributed by atoms with E-state index in [1.54, 1.807) is 0 Å². The third-order valence-corrected chi connectivity index (χ3v) is 4.04. The van der Waals surface area contributed by atoms with Crippen LogP contribution in [0.15, 0.2) is 12.7 Å². The second kappa shape index (κ2) is 5.13. The molecule has 1 N–H and O–H groups in total. The SMILES string of the molecule is C=CCC(O)C1(N(C)C)CCC(C)CC1. The molecule has 0 aliphatic heterocycles. The van der Waals surface area contributed by atoms with E-state index < -0.39 is 0 Å². The summed E-state index contributed by atoms with van der Waals surface area (Å²) in [6.45, 7) is 6.03. The molecule has 0 aromatic heterocycles. The van der Waals surface area contributed by atoms with E-state index in [1.165, 1.54) is 12.8 Å². The molecule has 1 saturated carbocycles. The molecule has 0 radical (unpaired) electrons. The number of rotatable bonds is 4. The van der Waals surface area contributed by atoms with Gasteiger partial charge in [0, 0.05) is 5.54 Å². The molecule has 2 heteroatoms. The summed E-state index contributed by atoms with van der Waals surface area (Å²) in [7, 11) is 4.17. The van der Waals surface area contributed by atoms with Gasteiger partial charge in [-0.3, -0.25) is 0 Å². The smallest absolute Gasteiger partial charge is 0.0757 e. The maximum absolute atomic E-state index is 10.3. The first kappa shape index (κ1) is 12.7. The van der Waals surface area contributed by atoms with Gasteiger partial charge in [-0.2, -0.15) is 0 Å². The molecule has 0 bridgehead atoms. The minimum absolute atomic E-state index is 0.0132. The van der Waals surface area contributed by atoms with Crippen LogP contribution < -0.4 is 0 Å². The van der Waals surface area contributed by atoms with Crippen LogP contribution in [0.2, 0.25) is 0 Å². The van der Waals surface area contributed by atoms with Crippen LogP contribution in [-0.2, 0) is 0 Å². The predicted octanol–water partition coefficient (Wildman–Crippen LogP) is 2.43. The molecule has 1 rings (SSSR count). The Bertz CT molecular complexity index is 205. The molecule has 0 amide bonds. The van der Waals surface area contributed by atoms with E-state index >= 15 is 0 Å². The number of likely N-dealkylation sites (N-methyl/N-ethyl adjacent to an activating group) is 1. The predicted molar refractivity (Wildman–Crippen MR) is 64.9 cm³/mol. The van der Waals surface area contributed by atoms with E-state index in [9.17, 15) is 5.11 Å². The van der Waals surface area contributed by atoms with Gasteiger partial charge >= 0.3 is 0 Å². The van der Waals surface area contributed by atoms with E-state index in [0.29, 0.717) is 6.42 Å². The van der Waals surface area contributed by atoms with Gasteiger partial charge < -0.3 is 10.0 Å². The molecular formula is C13H25NO. The summed E-state index contributed by atoms with van der Waals surface area (Å²) in [6, 6.07) is 0. The summed E-state index contributed by atoms with van der Waals surface area (Å²) >= 11 is 0. The van der Waals surface area contributed by atoms with Crippen molar-refractivity contribution in [1.29, 1.82) is 0 Å². The Hall–Kier alpha value is -0.340. The highest BCUT2D eigenvalue weighted by Crippen LogP contribution is 2.38. The minimum atomic E-state index is -0.266. The Morgan fingerprint density at radius 1 is 1.47 bits per heavy atom. The monoisotopic (exact) mass is 211 g/mol. The Balaban J connectivity index is 2.74. The van der Waals surface area contributed by atoms with Gasteiger partial charge in [0.25, 0.3) is 0 Å². The van der Waals surface area contributed by atoms with E-state index in [0.717, 1.165) is 18.8 Å². The van der Waals surface area contributed by atoms with Gasteiger partial charge in [0.2, 0.25) is 0 Å². The number of aliphatic hydroxyl groups excluding tert-OH is 1. The molecule has 1 aliphatic carbocycles. The lowest BCUT2D eigenvalue weighted by Crippen LogP contribution is -2.55. The molecular weight excluding hydrogens is 186 g/mol. The van der Waals surface area contributed by atoms with Gasteiger partial charge in [0.1, 0.15) is 0 Å².